The smallest absolute Gasteiger partial charge is 0.306 e. The molecule has 0 saturated heterocycles. The van der Waals surface area contributed by atoms with E-state index in [2.05, 4.69) is 12.2 Å². The van der Waals surface area contributed by atoms with E-state index < -0.39 is 6.10 Å². The third-order valence-corrected chi connectivity index (χ3v) is 7.05. The highest BCUT2D eigenvalue weighted by atomic mass is 16.7. The fourth-order valence-electron chi connectivity index (χ4n) is 4.61. The van der Waals surface area contributed by atoms with Gasteiger partial charge in [0.2, 0.25) is 5.91 Å². The van der Waals surface area contributed by atoms with Gasteiger partial charge in [-0.15, -0.1) is 0 Å². The molecule has 0 radical (unpaired) electrons. The predicted molar refractivity (Wildman–Crippen MR) is 160 cm³/mol. The van der Waals surface area contributed by atoms with Crippen molar-refractivity contribution in [2.75, 3.05) is 33.2 Å². The molecule has 1 atom stereocenters. The first kappa shape index (κ1) is 37.8. The van der Waals surface area contributed by atoms with Gasteiger partial charge in [-0.1, -0.05) is 122 Å². The molecule has 0 aromatic heterocycles. The molecular formula is C32H63NO6. The lowest BCUT2D eigenvalue weighted by Gasteiger charge is -2.16. The first-order chi connectivity index (χ1) is 19.1. The fraction of sp³-hybridized carbons (Fsp3) is 0.938. The van der Waals surface area contributed by atoms with Gasteiger partial charge in [-0.3, -0.25) is 9.59 Å². The van der Waals surface area contributed by atoms with Gasteiger partial charge in [0.05, 0.1) is 13.2 Å². The molecule has 0 aromatic carbocycles. The summed E-state index contributed by atoms with van der Waals surface area (Å²) in [5.74, 6) is -0.198. The van der Waals surface area contributed by atoms with Crippen molar-refractivity contribution in [2.45, 2.75) is 161 Å². The largest absolute Gasteiger partial charge is 0.457 e. The number of ether oxygens (including phenoxy) is 3. The van der Waals surface area contributed by atoms with Crippen LogP contribution in [0.1, 0.15) is 155 Å². The number of esters is 1. The van der Waals surface area contributed by atoms with Gasteiger partial charge in [0.15, 0.2) is 0 Å². The minimum Gasteiger partial charge on any atom is -0.457 e. The second kappa shape index (κ2) is 31.3. The molecule has 7 heteroatoms. The Labute approximate surface area is 240 Å². The third kappa shape index (κ3) is 31.2. The van der Waals surface area contributed by atoms with Crippen LogP contribution in [-0.4, -0.2) is 56.2 Å². The molecular weight excluding hydrogens is 494 g/mol. The van der Waals surface area contributed by atoms with Gasteiger partial charge in [-0.25, -0.2) is 0 Å². The van der Waals surface area contributed by atoms with E-state index in [1.165, 1.54) is 103 Å². The number of aliphatic hydroxyl groups excluding tert-OH is 1. The molecule has 2 N–H and O–H groups in total. The summed E-state index contributed by atoms with van der Waals surface area (Å²) in [6.45, 7) is 5.35. The second-order valence-corrected chi connectivity index (χ2v) is 11.0. The minimum absolute atomic E-state index is 0.0563. The van der Waals surface area contributed by atoms with Crippen LogP contribution in [-0.2, 0) is 23.8 Å². The Kier molecular flexibility index (Phi) is 30.4. The number of amides is 1. The number of rotatable bonds is 31. The summed E-state index contributed by atoms with van der Waals surface area (Å²) in [6.07, 6.45) is 25.6. The Morgan fingerprint density at radius 1 is 0.667 bits per heavy atom. The zero-order valence-corrected chi connectivity index (χ0v) is 25.7. The lowest BCUT2D eigenvalue weighted by atomic mass is 10.0. The average molecular weight is 558 g/mol. The molecule has 7 nitrogen and oxygen atoms in total. The molecule has 0 spiro atoms. The summed E-state index contributed by atoms with van der Waals surface area (Å²) < 4.78 is 16.3. The highest BCUT2D eigenvalue weighted by Gasteiger charge is 2.13. The van der Waals surface area contributed by atoms with Crippen molar-refractivity contribution in [2.24, 2.45) is 0 Å². The molecule has 0 unspecified atom stereocenters. The first-order valence-electron chi connectivity index (χ1n) is 16.3. The van der Waals surface area contributed by atoms with E-state index in [9.17, 15) is 14.7 Å². The zero-order valence-electron chi connectivity index (χ0n) is 25.7. The molecule has 0 fully saturated rings. The SMILES string of the molecule is CCCCCCCCCCCCCCC(=O)O[C@@H](CO)COCOCCCCCCCCCCCNC(C)=O. The van der Waals surface area contributed by atoms with Crippen molar-refractivity contribution in [1.82, 2.24) is 5.32 Å². The van der Waals surface area contributed by atoms with Crippen LogP contribution < -0.4 is 5.32 Å². The van der Waals surface area contributed by atoms with Crippen molar-refractivity contribution in [3.63, 3.8) is 0 Å². The molecule has 0 aliphatic rings. The van der Waals surface area contributed by atoms with E-state index in [4.69, 9.17) is 14.2 Å². The van der Waals surface area contributed by atoms with Gasteiger partial charge in [-0.05, 0) is 19.3 Å². The fourth-order valence-corrected chi connectivity index (χ4v) is 4.61. The van der Waals surface area contributed by atoms with Gasteiger partial charge >= 0.3 is 5.97 Å². The van der Waals surface area contributed by atoms with Gasteiger partial charge in [-0.2, -0.15) is 0 Å². The molecule has 0 rings (SSSR count). The van der Waals surface area contributed by atoms with Crippen molar-refractivity contribution in [1.29, 1.82) is 0 Å². The third-order valence-electron chi connectivity index (χ3n) is 7.05. The number of unbranched alkanes of at least 4 members (excludes halogenated alkanes) is 19. The normalized spacial score (nSPS) is 12.0. The van der Waals surface area contributed by atoms with Crippen LogP contribution in [0.4, 0.5) is 0 Å². The number of nitrogens with one attached hydrogen (secondary N) is 1. The van der Waals surface area contributed by atoms with Crippen LogP contribution >= 0.6 is 0 Å². The highest BCUT2D eigenvalue weighted by Crippen LogP contribution is 2.13. The van der Waals surface area contributed by atoms with E-state index in [0.717, 1.165) is 38.6 Å². The number of hydrogen-bond donors (Lipinski definition) is 2. The number of carbonyl (C=O) groups is 2. The van der Waals surface area contributed by atoms with Crippen LogP contribution in [0, 0.1) is 0 Å². The van der Waals surface area contributed by atoms with E-state index in [0.29, 0.717) is 13.0 Å². The predicted octanol–water partition coefficient (Wildman–Crippen LogP) is 7.62. The number of aliphatic hydroxyl groups is 1. The molecule has 0 aliphatic carbocycles. The quantitative estimate of drug-likeness (QED) is 0.0517. The summed E-state index contributed by atoms with van der Waals surface area (Å²) in [6, 6.07) is 0. The van der Waals surface area contributed by atoms with E-state index >= 15 is 0 Å². The molecule has 0 bridgehead atoms. The Morgan fingerprint density at radius 2 is 1.15 bits per heavy atom. The molecule has 39 heavy (non-hydrogen) atoms. The van der Waals surface area contributed by atoms with Crippen molar-refractivity contribution < 1.29 is 28.9 Å². The molecule has 0 aromatic rings. The van der Waals surface area contributed by atoms with Crippen molar-refractivity contribution in [3.05, 3.63) is 0 Å². The maximum atomic E-state index is 12.0. The molecule has 1 amide bonds. The molecule has 0 saturated carbocycles. The minimum atomic E-state index is -0.621. The first-order valence-corrected chi connectivity index (χ1v) is 16.3. The molecule has 232 valence electrons. The zero-order chi connectivity index (χ0) is 28.7. The number of hydrogen-bond acceptors (Lipinski definition) is 6. The highest BCUT2D eigenvalue weighted by molar-refractivity contribution is 5.72. The summed E-state index contributed by atoms with van der Waals surface area (Å²) in [7, 11) is 0. The monoisotopic (exact) mass is 557 g/mol. The van der Waals surface area contributed by atoms with Crippen LogP contribution in [0.3, 0.4) is 0 Å². The maximum Gasteiger partial charge on any atom is 0.306 e. The summed E-state index contributed by atoms with van der Waals surface area (Å²) in [5, 5.41) is 12.3. The summed E-state index contributed by atoms with van der Waals surface area (Å²) in [4.78, 5) is 22.8. The van der Waals surface area contributed by atoms with Crippen LogP contribution in [0.25, 0.3) is 0 Å². The van der Waals surface area contributed by atoms with Crippen LogP contribution in [0.2, 0.25) is 0 Å². The lowest BCUT2D eigenvalue weighted by Crippen LogP contribution is -2.27. The summed E-state index contributed by atoms with van der Waals surface area (Å²) >= 11 is 0. The maximum absolute atomic E-state index is 12.0. The Morgan fingerprint density at radius 3 is 1.67 bits per heavy atom. The van der Waals surface area contributed by atoms with Gasteiger partial charge in [0, 0.05) is 26.5 Å². The molecule has 0 aliphatic heterocycles. The average Bonchev–Trinajstić information content (AvgIpc) is 2.92. The van der Waals surface area contributed by atoms with Crippen LogP contribution in [0.5, 0.6) is 0 Å². The van der Waals surface area contributed by atoms with E-state index in [1.54, 1.807) is 6.92 Å². The standard InChI is InChI=1S/C32H63NO6/c1-3-4-5-6-7-8-9-10-12-15-18-21-24-32(36)39-31(27-34)28-38-29-37-26-23-20-17-14-11-13-16-19-22-25-33-30(2)35/h31,34H,3-29H2,1-2H3,(H,33,35)/t31-/m0/s1. The van der Waals surface area contributed by atoms with Crippen molar-refractivity contribution in [3.8, 4) is 0 Å². The summed E-state index contributed by atoms with van der Waals surface area (Å²) in [5.41, 5.74) is 0. The Bertz CT molecular complexity index is 531. The van der Waals surface area contributed by atoms with Gasteiger partial charge < -0.3 is 24.6 Å². The Balaban J connectivity index is 3.40. The van der Waals surface area contributed by atoms with Gasteiger partial charge in [0.1, 0.15) is 12.9 Å². The van der Waals surface area contributed by atoms with E-state index in [1.807, 2.05) is 0 Å². The van der Waals surface area contributed by atoms with Gasteiger partial charge in [0.25, 0.3) is 0 Å². The topological polar surface area (TPSA) is 94.1 Å². The van der Waals surface area contributed by atoms with Crippen molar-refractivity contribution >= 4 is 11.9 Å². The Hall–Kier alpha value is -1.18. The van der Waals surface area contributed by atoms with E-state index in [-0.39, 0.29) is 31.9 Å². The second-order valence-electron chi connectivity index (χ2n) is 11.0. The number of carbonyl (C=O) groups excluding carboxylic acids is 2. The van der Waals surface area contributed by atoms with Crippen LogP contribution in [0.15, 0.2) is 0 Å². The molecule has 0 heterocycles. The lowest BCUT2D eigenvalue weighted by molar-refractivity contribution is -0.159.